The SMILES string of the molecule is Nc1c(C(=O)NCCc2nccs2)sc2nccnc12. The van der Waals surface area contributed by atoms with Gasteiger partial charge in [-0.05, 0) is 0 Å². The molecular formula is C12H11N5OS2. The molecule has 0 unspecified atom stereocenters. The summed E-state index contributed by atoms with van der Waals surface area (Å²) in [5.41, 5.74) is 6.92. The van der Waals surface area contributed by atoms with Gasteiger partial charge >= 0.3 is 0 Å². The minimum atomic E-state index is -0.191. The summed E-state index contributed by atoms with van der Waals surface area (Å²) in [4.78, 5) is 25.7. The van der Waals surface area contributed by atoms with Gasteiger partial charge in [0, 0.05) is 36.9 Å². The number of nitrogen functional groups attached to an aromatic ring is 1. The lowest BCUT2D eigenvalue weighted by atomic mass is 10.3. The van der Waals surface area contributed by atoms with Crippen molar-refractivity contribution >= 4 is 44.6 Å². The van der Waals surface area contributed by atoms with Gasteiger partial charge in [-0.2, -0.15) is 0 Å². The molecule has 3 aromatic rings. The van der Waals surface area contributed by atoms with E-state index in [0.29, 0.717) is 33.9 Å². The van der Waals surface area contributed by atoms with Crippen LogP contribution in [0.1, 0.15) is 14.7 Å². The van der Waals surface area contributed by atoms with E-state index in [2.05, 4.69) is 20.3 Å². The fourth-order valence-electron chi connectivity index (χ4n) is 1.75. The van der Waals surface area contributed by atoms with Gasteiger partial charge in [0.05, 0.1) is 10.7 Å². The summed E-state index contributed by atoms with van der Waals surface area (Å²) >= 11 is 2.83. The Bertz CT molecular complexity index is 737. The molecule has 0 spiro atoms. The lowest BCUT2D eigenvalue weighted by Gasteiger charge is -2.02. The van der Waals surface area contributed by atoms with E-state index in [9.17, 15) is 4.79 Å². The molecular weight excluding hydrogens is 294 g/mol. The van der Waals surface area contributed by atoms with Crippen molar-refractivity contribution in [1.29, 1.82) is 0 Å². The van der Waals surface area contributed by atoms with E-state index < -0.39 is 0 Å². The lowest BCUT2D eigenvalue weighted by molar-refractivity contribution is 0.0959. The second kappa shape index (κ2) is 5.51. The van der Waals surface area contributed by atoms with Crippen molar-refractivity contribution in [3.05, 3.63) is 33.9 Å². The summed E-state index contributed by atoms with van der Waals surface area (Å²) < 4.78 is 0. The number of nitrogens with zero attached hydrogens (tertiary/aromatic N) is 3. The number of hydrogen-bond donors (Lipinski definition) is 2. The summed E-state index contributed by atoms with van der Waals surface area (Å²) in [5, 5.41) is 5.75. The van der Waals surface area contributed by atoms with Crippen LogP contribution < -0.4 is 11.1 Å². The number of fused-ring (bicyclic) bond motifs is 1. The second-order valence-electron chi connectivity index (χ2n) is 3.99. The molecule has 0 aliphatic carbocycles. The third-order valence-electron chi connectivity index (χ3n) is 2.68. The predicted octanol–water partition coefficient (Wildman–Crippen LogP) is 1.70. The first kappa shape index (κ1) is 12.9. The number of thiophene rings is 1. The van der Waals surface area contributed by atoms with Crippen molar-refractivity contribution in [2.24, 2.45) is 0 Å². The average molecular weight is 305 g/mol. The Balaban J connectivity index is 1.71. The van der Waals surface area contributed by atoms with Crippen LogP contribution in [-0.2, 0) is 6.42 Å². The van der Waals surface area contributed by atoms with Crippen LogP contribution in [0.15, 0.2) is 24.0 Å². The van der Waals surface area contributed by atoms with Gasteiger partial charge in [0.2, 0.25) is 0 Å². The van der Waals surface area contributed by atoms with Crippen molar-refractivity contribution < 1.29 is 4.79 Å². The molecule has 3 N–H and O–H groups in total. The molecule has 0 radical (unpaired) electrons. The molecule has 20 heavy (non-hydrogen) atoms. The quantitative estimate of drug-likeness (QED) is 0.765. The molecule has 0 fully saturated rings. The zero-order valence-corrected chi connectivity index (χ0v) is 12.0. The molecule has 102 valence electrons. The maximum Gasteiger partial charge on any atom is 0.263 e. The predicted molar refractivity (Wildman–Crippen MR) is 80.0 cm³/mol. The number of nitrogens with one attached hydrogen (secondary N) is 1. The van der Waals surface area contributed by atoms with Crippen molar-refractivity contribution in [3.8, 4) is 0 Å². The Morgan fingerprint density at radius 2 is 2.10 bits per heavy atom. The third kappa shape index (κ3) is 2.47. The van der Waals surface area contributed by atoms with Gasteiger partial charge in [0.1, 0.15) is 15.2 Å². The topological polar surface area (TPSA) is 93.8 Å². The van der Waals surface area contributed by atoms with E-state index >= 15 is 0 Å². The van der Waals surface area contributed by atoms with Gasteiger partial charge in [0.15, 0.2) is 0 Å². The van der Waals surface area contributed by atoms with E-state index in [1.54, 1.807) is 29.9 Å². The first-order valence-corrected chi connectivity index (χ1v) is 7.61. The van der Waals surface area contributed by atoms with Gasteiger partial charge in [-0.25, -0.2) is 15.0 Å². The summed E-state index contributed by atoms with van der Waals surface area (Å²) in [7, 11) is 0. The molecule has 0 saturated carbocycles. The fraction of sp³-hybridized carbons (Fsp3) is 0.167. The molecule has 0 bridgehead atoms. The summed E-state index contributed by atoms with van der Waals surface area (Å²) in [6.07, 6.45) is 5.62. The molecule has 0 atom stereocenters. The van der Waals surface area contributed by atoms with Crippen LogP contribution in [0.4, 0.5) is 5.69 Å². The molecule has 8 heteroatoms. The number of anilines is 1. The molecule has 0 aliphatic heterocycles. The van der Waals surface area contributed by atoms with E-state index in [0.717, 1.165) is 5.01 Å². The Morgan fingerprint density at radius 1 is 1.25 bits per heavy atom. The van der Waals surface area contributed by atoms with Crippen molar-refractivity contribution in [3.63, 3.8) is 0 Å². The first-order chi connectivity index (χ1) is 9.75. The van der Waals surface area contributed by atoms with E-state index in [1.807, 2.05) is 5.38 Å². The Hall–Kier alpha value is -2.06. The zero-order valence-electron chi connectivity index (χ0n) is 10.4. The Labute approximate surface area is 122 Å². The maximum absolute atomic E-state index is 12.1. The fourth-order valence-corrected chi connectivity index (χ4v) is 3.31. The van der Waals surface area contributed by atoms with Crippen LogP contribution in [-0.4, -0.2) is 27.4 Å². The molecule has 3 heterocycles. The molecule has 1 amide bonds. The lowest BCUT2D eigenvalue weighted by Crippen LogP contribution is -2.25. The maximum atomic E-state index is 12.1. The number of carbonyl (C=O) groups is 1. The highest BCUT2D eigenvalue weighted by atomic mass is 32.1. The molecule has 0 saturated heterocycles. The van der Waals surface area contributed by atoms with Crippen LogP contribution in [0, 0.1) is 0 Å². The van der Waals surface area contributed by atoms with Crippen molar-refractivity contribution in [2.45, 2.75) is 6.42 Å². The largest absolute Gasteiger partial charge is 0.396 e. The zero-order chi connectivity index (χ0) is 13.9. The van der Waals surface area contributed by atoms with Crippen LogP contribution in [0.25, 0.3) is 10.3 Å². The molecule has 0 aliphatic rings. The van der Waals surface area contributed by atoms with Crippen LogP contribution in [0.5, 0.6) is 0 Å². The van der Waals surface area contributed by atoms with E-state index in [1.165, 1.54) is 11.3 Å². The van der Waals surface area contributed by atoms with E-state index in [-0.39, 0.29) is 5.91 Å². The molecule has 0 aromatic carbocycles. The van der Waals surface area contributed by atoms with Crippen LogP contribution >= 0.6 is 22.7 Å². The number of rotatable bonds is 4. The summed E-state index contributed by atoms with van der Waals surface area (Å²) in [5.74, 6) is -0.191. The van der Waals surface area contributed by atoms with E-state index in [4.69, 9.17) is 5.73 Å². The second-order valence-corrected chi connectivity index (χ2v) is 5.96. The minimum Gasteiger partial charge on any atom is -0.396 e. The van der Waals surface area contributed by atoms with Gasteiger partial charge in [-0.15, -0.1) is 22.7 Å². The number of amides is 1. The molecule has 3 rings (SSSR count). The highest BCUT2D eigenvalue weighted by molar-refractivity contribution is 7.21. The van der Waals surface area contributed by atoms with Crippen molar-refractivity contribution in [1.82, 2.24) is 20.3 Å². The number of hydrogen-bond acceptors (Lipinski definition) is 7. The van der Waals surface area contributed by atoms with Gasteiger partial charge in [-0.1, -0.05) is 0 Å². The Kier molecular flexibility index (Phi) is 3.57. The Morgan fingerprint density at radius 3 is 2.85 bits per heavy atom. The van der Waals surface area contributed by atoms with Crippen LogP contribution in [0.3, 0.4) is 0 Å². The van der Waals surface area contributed by atoms with Gasteiger partial charge in [-0.3, -0.25) is 4.79 Å². The molecule has 6 nitrogen and oxygen atoms in total. The average Bonchev–Trinajstić information content (AvgIpc) is 3.08. The summed E-state index contributed by atoms with van der Waals surface area (Å²) in [6, 6.07) is 0. The third-order valence-corrected chi connectivity index (χ3v) is 4.62. The first-order valence-electron chi connectivity index (χ1n) is 5.91. The normalized spacial score (nSPS) is 10.8. The van der Waals surface area contributed by atoms with Crippen LogP contribution in [0.2, 0.25) is 0 Å². The van der Waals surface area contributed by atoms with Crippen molar-refractivity contribution in [2.75, 3.05) is 12.3 Å². The number of nitrogens with two attached hydrogens (primary N) is 1. The van der Waals surface area contributed by atoms with Gasteiger partial charge < -0.3 is 11.1 Å². The smallest absolute Gasteiger partial charge is 0.263 e. The number of thiazole rings is 1. The number of carbonyl (C=O) groups excluding carboxylic acids is 1. The number of aromatic nitrogens is 3. The monoisotopic (exact) mass is 305 g/mol. The van der Waals surface area contributed by atoms with Gasteiger partial charge in [0.25, 0.3) is 5.91 Å². The highest BCUT2D eigenvalue weighted by Gasteiger charge is 2.17. The minimum absolute atomic E-state index is 0.191. The highest BCUT2D eigenvalue weighted by Crippen LogP contribution is 2.30. The molecule has 3 aromatic heterocycles. The standard InChI is InChI=1S/C12H11N5OS2/c13-8-9-12(17-4-3-15-9)20-10(8)11(18)16-2-1-7-14-5-6-19-7/h3-6H,1-2,13H2,(H,16,18). The summed E-state index contributed by atoms with van der Waals surface area (Å²) in [6.45, 7) is 0.529.